The van der Waals surface area contributed by atoms with Crippen LogP contribution in [0.15, 0.2) is 0 Å². The van der Waals surface area contributed by atoms with Gasteiger partial charge in [-0.2, -0.15) is 0 Å². The molecule has 0 bridgehead atoms. The van der Waals surface area contributed by atoms with Crippen molar-refractivity contribution in [2.75, 3.05) is 13.2 Å². The van der Waals surface area contributed by atoms with Gasteiger partial charge in [-0.25, -0.2) is 4.79 Å². The molecule has 88 valence electrons. The van der Waals surface area contributed by atoms with Gasteiger partial charge in [0.05, 0.1) is 18.8 Å². The molecule has 0 aromatic carbocycles. The zero-order chi connectivity index (χ0) is 11.5. The third-order valence-corrected chi connectivity index (χ3v) is 2.02. The summed E-state index contributed by atoms with van der Waals surface area (Å²) in [6, 6.07) is -0.367. The molecule has 0 radical (unpaired) electrons. The van der Waals surface area contributed by atoms with Gasteiger partial charge in [-0.3, -0.25) is 0 Å². The first-order valence-electron chi connectivity index (χ1n) is 5.14. The first-order chi connectivity index (χ1) is 6.88. The van der Waals surface area contributed by atoms with Crippen molar-refractivity contribution in [3.05, 3.63) is 0 Å². The summed E-state index contributed by atoms with van der Waals surface area (Å²) >= 11 is 0. The minimum absolute atomic E-state index is 0.334. The molecule has 1 heterocycles. The van der Waals surface area contributed by atoms with E-state index in [1.165, 1.54) is 0 Å². The zero-order valence-corrected chi connectivity index (χ0v) is 9.45. The molecule has 1 amide bonds. The number of amides is 1. The normalized spacial score (nSPS) is 27.2. The topological polar surface area (TPSA) is 67.8 Å². The van der Waals surface area contributed by atoms with Crippen LogP contribution in [0.1, 0.15) is 27.2 Å². The Morgan fingerprint density at radius 1 is 1.53 bits per heavy atom. The highest BCUT2D eigenvalue weighted by Crippen LogP contribution is 2.10. The lowest BCUT2D eigenvalue weighted by Gasteiger charge is -2.29. The van der Waals surface area contributed by atoms with Gasteiger partial charge in [-0.05, 0) is 27.2 Å². The van der Waals surface area contributed by atoms with Gasteiger partial charge in [-0.15, -0.1) is 0 Å². The number of hydrogen-bond donors (Lipinski definition) is 2. The van der Waals surface area contributed by atoms with E-state index in [0.29, 0.717) is 19.6 Å². The van der Waals surface area contributed by atoms with E-state index in [0.717, 1.165) is 0 Å². The van der Waals surface area contributed by atoms with Crippen molar-refractivity contribution in [2.45, 2.75) is 44.9 Å². The van der Waals surface area contributed by atoms with E-state index in [2.05, 4.69) is 5.32 Å². The summed E-state index contributed by atoms with van der Waals surface area (Å²) in [7, 11) is 0. The summed E-state index contributed by atoms with van der Waals surface area (Å²) in [5, 5.41) is 12.2. The average molecular weight is 217 g/mol. The monoisotopic (exact) mass is 217 g/mol. The smallest absolute Gasteiger partial charge is 0.408 e. The van der Waals surface area contributed by atoms with E-state index in [9.17, 15) is 9.90 Å². The number of aliphatic hydroxyl groups excluding tert-OH is 1. The summed E-state index contributed by atoms with van der Waals surface area (Å²) in [6.07, 6.45) is -0.524. The molecule has 2 atom stereocenters. The maximum absolute atomic E-state index is 11.4. The van der Waals surface area contributed by atoms with Crippen molar-refractivity contribution < 1.29 is 19.4 Å². The summed E-state index contributed by atoms with van der Waals surface area (Å²) in [4.78, 5) is 11.4. The minimum Gasteiger partial charge on any atom is -0.444 e. The highest BCUT2D eigenvalue weighted by molar-refractivity contribution is 5.68. The molecule has 1 fully saturated rings. The molecule has 1 rings (SSSR count). The number of nitrogens with one attached hydrogen (secondary N) is 1. The van der Waals surface area contributed by atoms with Crippen LogP contribution in [0.25, 0.3) is 0 Å². The number of aliphatic hydroxyl groups is 1. The summed E-state index contributed by atoms with van der Waals surface area (Å²) in [6.45, 7) is 6.25. The molecule has 0 aromatic rings. The third-order valence-electron chi connectivity index (χ3n) is 2.02. The Hall–Kier alpha value is -0.810. The van der Waals surface area contributed by atoms with Crippen LogP contribution in [0.4, 0.5) is 4.79 Å². The van der Waals surface area contributed by atoms with E-state index < -0.39 is 17.8 Å². The molecule has 0 aromatic heterocycles. The van der Waals surface area contributed by atoms with Gasteiger partial charge in [0.25, 0.3) is 0 Å². The first kappa shape index (κ1) is 12.3. The first-order valence-corrected chi connectivity index (χ1v) is 5.14. The van der Waals surface area contributed by atoms with Gasteiger partial charge in [0.15, 0.2) is 0 Å². The lowest BCUT2D eigenvalue weighted by Crippen LogP contribution is -2.50. The Balaban J connectivity index is 2.36. The molecule has 1 aliphatic heterocycles. The van der Waals surface area contributed by atoms with Crippen LogP contribution in [0, 0.1) is 0 Å². The predicted molar refractivity (Wildman–Crippen MR) is 54.6 cm³/mol. The molecule has 0 aliphatic carbocycles. The lowest BCUT2D eigenvalue weighted by atomic mass is 10.1. The molecule has 0 saturated carbocycles. The largest absolute Gasteiger partial charge is 0.444 e. The molecule has 1 aliphatic rings. The molecule has 1 saturated heterocycles. The highest BCUT2D eigenvalue weighted by atomic mass is 16.6. The zero-order valence-electron chi connectivity index (χ0n) is 9.45. The summed E-state index contributed by atoms with van der Waals surface area (Å²) < 4.78 is 10.2. The van der Waals surface area contributed by atoms with Crippen molar-refractivity contribution in [1.29, 1.82) is 0 Å². The van der Waals surface area contributed by atoms with Crippen LogP contribution in [-0.2, 0) is 9.47 Å². The minimum atomic E-state index is -0.550. The fraction of sp³-hybridized carbons (Fsp3) is 0.900. The number of rotatable bonds is 1. The van der Waals surface area contributed by atoms with Crippen molar-refractivity contribution in [3.63, 3.8) is 0 Å². The van der Waals surface area contributed by atoms with Crippen molar-refractivity contribution >= 4 is 6.09 Å². The standard InChI is InChI=1S/C10H19NO4/c1-10(2,3)15-9(13)11-7-6-14-5-4-8(7)12/h7-8,12H,4-6H2,1-3H3,(H,11,13)/t7-,8-/m1/s1. The number of ether oxygens (including phenoxy) is 2. The summed E-state index contributed by atoms with van der Waals surface area (Å²) in [5.74, 6) is 0. The van der Waals surface area contributed by atoms with E-state index in [1.807, 2.05) is 0 Å². The van der Waals surface area contributed by atoms with Crippen molar-refractivity contribution in [3.8, 4) is 0 Å². The molecule has 0 unspecified atom stereocenters. The number of hydrogen-bond acceptors (Lipinski definition) is 4. The Kier molecular flexibility index (Phi) is 3.93. The predicted octanol–water partition coefficient (Wildman–Crippen LogP) is 0.661. The second-order valence-electron chi connectivity index (χ2n) is 4.68. The molecule has 0 spiro atoms. The van der Waals surface area contributed by atoms with E-state index in [1.54, 1.807) is 20.8 Å². The molecular weight excluding hydrogens is 198 g/mol. The van der Waals surface area contributed by atoms with Crippen LogP contribution in [-0.4, -0.2) is 42.2 Å². The van der Waals surface area contributed by atoms with Gasteiger partial charge >= 0.3 is 6.09 Å². The van der Waals surface area contributed by atoms with E-state index >= 15 is 0 Å². The lowest BCUT2D eigenvalue weighted by molar-refractivity contribution is -0.0211. The van der Waals surface area contributed by atoms with Gasteiger partial charge in [0.2, 0.25) is 0 Å². The molecule has 5 heteroatoms. The maximum atomic E-state index is 11.4. The second kappa shape index (κ2) is 4.81. The second-order valence-corrected chi connectivity index (χ2v) is 4.68. The Labute approximate surface area is 89.8 Å². The van der Waals surface area contributed by atoms with Crippen LogP contribution in [0.5, 0.6) is 0 Å². The molecule has 5 nitrogen and oxygen atoms in total. The number of alkyl carbamates (subject to hydrolysis) is 1. The van der Waals surface area contributed by atoms with Crippen molar-refractivity contribution in [2.24, 2.45) is 0 Å². The SMILES string of the molecule is CC(C)(C)OC(=O)N[C@@H]1COCC[C@H]1O. The average Bonchev–Trinajstić information content (AvgIpc) is 2.05. The highest BCUT2D eigenvalue weighted by Gasteiger charge is 2.27. The Bertz CT molecular complexity index is 224. The Morgan fingerprint density at radius 2 is 2.20 bits per heavy atom. The Morgan fingerprint density at radius 3 is 2.73 bits per heavy atom. The van der Waals surface area contributed by atoms with Gasteiger partial charge in [-0.1, -0.05) is 0 Å². The van der Waals surface area contributed by atoms with E-state index in [-0.39, 0.29) is 6.04 Å². The molecular formula is C10H19NO4. The maximum Gasteiger partial charge on any atom is 0.408 e. The van der Waals surface area contributed by atoms with Gasteiger partial charge in [0.1, 0.15) is 5.60 Å². The number of carbonyl (C=O) groups is 1. The molecule has 2 N–H and O–H groups in total. The van der Waals surface area contributed by atoms with Crippen LogP contribution in [0.3, 0.4) is 0 Å². The van der Waals surface area contributed by atoms with Gasteiger partial charge < -0.3 is 19.9 Å². The molecule has 15 heavy (non-hydrogen) atoms. The number of carbonyl (C=O) groups excluding carboxylic acids is 1. The van der Waals surface area contributed by atoms with Crippen LogP contribution >= 0.6 is 0 Å². The van der Waals surface area contributed by atoms with Crippen molar-refractivity contribution in [1.82, 2.24) is 5.32 Å². The van der Waals surface area contributed by atoms with Crippen LogP contribution < -0.4 is 5.32 Å². The van der Waals surface area contributed by atoms with Crippen LogP contribution in [0.2, 0.25) is 0 Å². The fourth-order valence-corrected chi connectivity index (χ4v) is 1.32. The fourth-order valence-electron chi connectivity index (χ4n) is 1.32. The van der Waals surface area contributed by atoms with Gasteiger partial charge in [0, 0.05) is 6.61 Å². The third kappa shape index (κ3) is 4.48. The quantitative estimate of drug-likeness (QED) is 0.677. The summed E-state index contributed by atoms with van der Waals surface area (Å²) in [5.41, 5.74) is -0.523. The van der Waals surface area contributed by atoms with E-state index in [4.69, 9.17) is 9.47 Å².